The third-order valence-corrected chi connectivity index (χ3v) is 4.95. The summed E-state index contributed by atoms with van der Waals surface area (Å²) in [5, 5.41) is 3.90. The van der Waals surface area contributed by atoms with E-state index in [4.69, 9.17) is 18.7 Å². The highest BCUT2D eigenvalue weighted by atomic mass is 16.5. The topological polar surface area (TPSA) is 86.9 Å². The summed E-state index contributed by atoms with van der Waals surface area (Å²) in [6.07, 6.45) is 2.24. The molecule has 1 aromatic carbocycles. The van der Waals surface area contributed by atoms with Crippen LogP contribution in [0.3, 0.4) is 0 Å². The van der Waals surface area contributed by atoms with Crippen LogP contribution in [0.1, 0.15) is 40.5 Å². The molecule has 0 radical (unpaired) electrons. The Balaban J connectivity index is 1.48. The molecule has 0 unspecified atom stereocenters. The summed E-state index contributed by atoms with van der Waals surface area (Å²) in [5.74, 6) is 1.86. The molecule has 0 atom stereocenters. The van der Waals surface area contributed by atoms with Gasteiger partial charge in [0.2, 0.25) is 0 Å². The van der Waals surface area contributed by atoms with Gasteiger partial charge in [-0.1, -0.05) is 11.2 Å². The number of amides is 1. The monoisotopic (exact) mass is 389 g/mol. The summed E-state index contributed by atoms with van der Waals surface area (Å²) in [7, 11) is 3.25. The first-order chi connectivity index (χ1) is 13.6. The van der Waals surface area contributed by atoms with Gasteiger partial charge in [-0.15, -0.1) is 0 Å². The third kappa shape index (κ3) is 4.88. The zero-order valence-electron chi connectivity index (χ0n) is 16.6. The van der Waals surface area contributed by atoms with E-state index in [1.807, 2.05) is 30.0 Å². The second kappa shape index (κ2) is 9.66. The lowest BCUT2D eigenvalue weighted by Gasteiger charge is -2.32. The number of hydrogen-bond donors (Lipinski definition) is 0. The number of nitrogens with zero attached hydrogens (tertiary/aromatic N) is 3. The van der Waals surface area contributed by atoms with Crippen molar-refractivity contribution in [1.29, 1.82) is 0 Å². The second-order valence-electron chi connectivity index (χ2n) is 6.78. The highest BCUT2D eigenvalue weighted by Crippen LogP contribution is 2.24. The number of benzene rings is 1. The smallest absolute Gasteiger partial charge is 0.254 e. The van der Waals surface area contributed by atoms with Gasteiger partial charge in [0.25, 0.3) is 11.8 Å². The molecular weight excluding hydrogens is 362 g/mol. The van der Waals surface area contributed by atoms with E-state index < -0.39 is 0 Å². The van der Waals surface area contributed by atoms with Crippen LogP contribution in [-0.2, 0) is 22.5 Å². The minimum absolute atomic E-state index is 0.0366. The fraction of sp³-hybridized carbons (Fsp3) is 0.550. The first kappa shape index (κ1) is 20.3. The van der Waals surface area contributed by atoms with Crippen molar-refractivity contribution in [2.24, 2.45) is 0 Å². The molecule has 0 N–H and O–H groups in total. The van der Waals surface area contributed by atoms with Crippen LogP contribution in [0.5, 0.6) is 5.75 Å². The minimum atomic E-state index is 0.0366. The van der Waals surface area contributed by atoms with E-state index in [1.165, 1.54) is 0 Å². The predicted octanol–water partition coefficient (Wildman–Crippen LogP) is 2.40. The first-order valence-corrected chi connectivity index (χ1v) is 9.47. The molecule has 0 bridgehead atoms. The quantitative estimate of drug-likeness (QED) is 0.685. The van der Waals surface area contributed by atoms with Crippen molar-refractivity contribution in [3.05, 3.63) is 41.0 Å². The van der Waals surface area contributed by atoms with E-state index >= 15 is 0 Å². The number of carbonyl (C=O) groups excluding carboxylic acids is 1. The summed E-state index contributed by atoms with van der Waals surface area (Å²) in [6.45, 7) is 4.06. The molecule has 8 heteroatoms. The molecule has 1 amide bonds. The zero-order chi connectivity index (χ0) is 19.9. The third-order valence-electron chi connectivity index (χ3n) is 4.95. The maximum absolute atomic E-state index is 12.8. The summed E-state index contributed by atoms with van der Waals surface area (Å²) < 4.78 is 21.4. The van der Waals surface area contributed by atoms with Crippen molar-refractivity contribution in [1.82, 2.24) is 15.0 Å². The molecule has 2 aromatic rings. The molecule has 152 valence electrons. The fourth-order valence-electron chi connectivity index (χ4n) is 3.30. The molecule has 1 saturated heterocycles. The zero-order valence-corrected chi connectivity index (χ0v) is 16.6. The van der Waals surface area contributed by atoms with Gasteiger partial charge in [-0.05, 0) is 31.9 Å². The van der Waals surface area contributed by atoms with Crippen molar-refractivity contribution in [3.8, 4) is 5.75 Å². The summed E-state index contributed by atoms with van der Waals surface area (Å²) >= 11 is 0. The molecule has 0 saturated carbocycles. The van der Waals surface area contributed by atoms with Gasteiger partial charge in [0.15, 0.2) is 5.82 Å². The Morgan fingerprint density at radius 1 is 1.29 bits per heavy atom. The Morgan fingerprint density at radius 2 is 2.07 bits per heavy atom. The fourth-order valence-corrected chi connectivity index (χ4v) is 3.30. The summed E-state index contributed by atoms with van der Waals surface area (Å²) in [6, 6.07) is 5.56. The van der Waals surface area contributed by atoms with Crippen molar-refractivity contribution in [3.63, 3.8) is 0 Å². The van der Waals surface area contributed by atoms with Gasteiger partial charge in [-0.25, -0.2) is 0 Å². The Hall–Kier alpha value is -2.45. The van der Waals surface area contributed by atoms with Crippen LogP contribution in [0.25, 0.3) is 0 Å². The normalized spacial score (nSPS) is 15.0. The largest absolute Gasteiger partial charge is 0.496 e. The molecule has 2 heterocycles. The van der Waals surface area contributed by atoms with E-state index in [0.717, 1.165) is 24.2 Å². The Labute approximate surface area is 164 Å². The highest BCUT2D eigenvalue weighted by molar-refractivity contribution is 5.96. The lowest BCUT2D eigenvalue weighted by atomic mass is 10.0. The van der Waals surface area contributed by atoms with Crippen molar-refractivity contribution < 1.29 is 23.5 Å². The van der Waals surface area contributed by atoms with Crippen LogP contribution >= 0.6 is 0 Å². The number of methoxy groups -OCH3 is 2. The molecule has 0 aliphatic carbocycles. The summed E-state index contributed by atoms with van der Waals surface area (Å²) in [5.41, 5.74) is 1.56. The number of carbonyl (C=O) groups is 1. The maximum Gasteiger partial charge on any atom is 0.254 e. The molecule has 1 aromatic heterocycles. The van der Waals surface area contributed by atoms with Crippen LogP contribution in [0.15, 0.2) is 22.7 Å². The molecule has 0 spiro atoms. The maximum atomic E-state index is 12.8. The van der Waals surface area contributed by atoms with Crippen molar-refractivity contribution in [2.75, 3.05) is 33.9 Å². The number of piperidine rings is 1. The number of aromatic nitrogens is 2. The van der Waals surface area contributed by atoms with Gasteiger partial charge in [0, 0.05) is 37.7 Å². The van der Waals surface area contributed by atoms with Crippen LogP contribution in [0.2, 0.25) is 0 Å². The van der Waals surface area contributed by atoms with Gasteiger partial charge >= 0.3 is 0 Å². The Bertz CT molecular complexity index is 784. The second-order valence-corrected chi connectivity index (χ2v) is 6.78. The van der Waals surface area contributed by atoms with E-state index in [-0.39, 0.29) is 18.6 Å². The predicted molar refractivity (Wildman–Crippen MR) is 101 cm³/mol. The van der Waals surface area contributed by atoms with Gasteiger partial charge < -0.3 is 23.6 Å². The molecule has 3 rings (SSSR count). The minimum Gasteiger partial charge on any atom is -0.496 e. The van der Waals surface area contributed by atoms with Crippen LogP contribution in [0.4, 0.5) is 0 Å². The molecule has 1 aliphatic heterocycles. The number of ether oxygens (including phenoxy) is 3. The van der Waals surface area contributed by atoms with E-state index in [0.29, 0.717) is 43.4 Å². The van der Waals surface area contributed by atoms with Gasteiger partial charge in [-0.3, -0.25) is 4.79 Å². The van der Waals surface area contributed by atoms with E-state index in [1.54, 1.807) is 14.2 Å². The lowest BCUT2D eigenvalue weighted by Crippen LogP contribution is -2.41. The number of likely N-dealkylation sites (tertiary alicyclic amines) is 1. The van der Waals surface area contributed by atoms with Crippen LogP contribution < -0.4 is 4.74 Å². The van der Waals surface area contributed by atoms with Gasteiger partial charge in [-0.2, -0.15) is 4.98 Å². The average Bonchev–Trinajstić information content (AvgIpc) is 3.18. The van der Waals surface area contributed by atoms with E-state index in [9.17, 15) is 4.79 Å². The summed E-state index contributed by atoms with van der Waals surface area (Å²) in [4.78, 5) is 19.0. The molecule has 28 heavy (non-hydrogen) atoms. The van der Waals surface area contributed by atoms with Crippen LogP contribution in [0, 0.1) is 6.92 Å². The molecule has 1 aliphatic rings. The molecular formula is C20H27N3O5. The average molecular weight is 389 g/mol. The first-order valence-electron chi connectivity index (χ1n) is 9.47. The highest BCUT2D eigenvalue weighted by Gasteiger charge is 2.26. The Kier molecular flexibility index (Phi) is 7.00. The number of rotatable bonds is 8. The van der Waals surface area contributed by atoms with Crippen LogP contribution in [-0.4, -0.2) is 61.0 Å². The number of hydrogen-bond acceptors (Lipinski definition) is 7. The van der Waals surface area contributed by atoms with Crippen molar-refractivity contribution in [2.45, 2.75) is 38.9 Å². The SMILES string of the molecule is COCCc1noc(COC2CCN(C(=O)c3cccc(OC)c3C)CC2)n1. The Morgan fingerprint density at radius 3 is 2.79 bits per heavy atom. The lowest BCUT2D eigenvalue weighted by molar-refractivity contribution is -0.00979. The molecule has 1 fully saturated rings. The molecule has 8 nitrogen and oxygen atoms in total. The van der Waals surface area contributed by atoms with Crippen molar-refractivity contribution >= 4 is 5.91 Å². The van der Waals surface area contributed by atoms with Gasteiger partial charge in [0.1, 0.15) is 12.4 Å². The van der Waals surface area contributed by atoms with Gasteiger partial charge in [0.05, 0.1) is 19.8 Å². The van der Waals surface area contributed by atoms with E-state index in [2.05, 4.69) is 10.1 Å². The standard InChI is InChI=1S/C20H27N3O5/c1-14-16(5-4-6-17(14)26-3)20(24)23-10-7-15(8-11-23)27-13-19-21-18(22-28-19)9-12-25-2/h4-6,15H,7-13H2,1-3H3.